The van der Waals surface area contributed by atoms with Crippen molar-refractivity contribution in [2.75, 3.05) is 0 Å². The largest absolute Gasteiger partial charge is 0.232 e. The molecule has 1 aromatic heterocycles. The fraction of sp³-hybridized carbons (Fsp3) is 0.333. The number of nitrogens with zero attached hydrogens (tertiary/aromatic N) is 2. The SMILES string of the molecule is CC(C)CCc1nc(Cl)c(I)c(-c2ccccc2)n1. The summed E-state index contributed by atoms with van der Waals surface area (Å²) >= 11 is 8.44. The highest BCUT2D eigenvalue weighted by Gasteiger charge is 2.12. The molecule has 0 unspecified atom stereocenters. The van der Waals surface area contributed by atoms with Crippen LogP contribution < -0.4 is 0 Å². The van der Waals surface area contributed by atoms with Gasteiger partial charge in [-0.25, -0.2) is 9.97 Å². The minimum atomic E-state index is 0.549. The highest BCUT2D eigenvalue weighted by molar-refractivity contribution is 14.1. The van der Waals surface area contributed by atoms with Crippen molar-refractivity contribution in [1.29, 1.82) is 0 Å². The zero-order chi connectivity index (χ0) is 13.8. The Labute approximate surface area is 132 Å². The van der Waals surface area contributed by atoms with Gasteiger partial charge in [-0.3, -0.25) is 0 Å². The summed E-state index contributed by atoms with van der Waals surface area (Å²) in [6.07, 6.45) is 1.94. The van der Waals surface area contributed by atoms with E-state index >= 15 is 0 Å². The summed E-state index contributed by atoms with van der Waals surface area (Å²) in [5, 5.41) is 0.549. The number of hydrogen-bond acceptors (Lipinski definition) is 2. The summed E-state index contributed by atoms with van der Waals surface area (Å²) in [6.45, 7) is 4.40. The summed E-state index contributed by atoms with van der Waals surface area (Å²) < 4.78 is 0.916. The van der Waals surface area contributed by atoms with Gasteiger partial charge in [-0.05, 0) is 34.9 Å². The van der Waals surface area contributed by atoms with Crippen LogP contribution in [0.3, 0.4) is 0 Å². The molecule has 0 saturated carbocycles. The lowest BCUT2D eigenvalue weighted by Gasteiger charge is -2.09. The third-order valence-corrected chi connectivity index (χ3v) is 4.46. The fourth-order valence-electron chi connectivity index (χ4n) is 1.78. The molecule has 0 radical (unpaired) electrons. The topological polar surface area (TPSA) is 25.8 Å². The standard InChI is InChI=1S/C15H16ClIN2/c1-10(2)8-9-12-18-14(13(17)15(16)19-12)11-6-4-3-5-7-11/h3-7,10H,8-9H2,1-2H3. The Kier molecular flexibility index (Phi) is 5.16. The second kappa shape index (κ2) is 6.66. The smallest absolute Gasteiger partial charge is 0.146 e. The third-order valence-electron chi connectivity index (χ3n) is 2.85. The van der Waals surface area contributed by atoms with Crippen LogP contribution in [0.25, 0.3) is 11.3 Å². The molecule has 0 amide bonds. The van der Waals surface area contributed by atoms with Gasteiger partial charge in [0.15, 0.2) is 0 Å². The molecule has 100 valence electrons. The van der Waals surface area contributed by atoms with Crippen molar-refractivity contribution in [3.05, 3.63) is 44.9 Å². The zero-order valence-corrected chi connectivity index (χ0v) is 13.9. The second-order valence-electron chi connectivity index (χ2n) is 4.89. The van der Waals surface area contributed by atoms with Crippen LogP contribution in [0, 0.1) is 9.49 Å². The van der Waals surface area contributed by atoms with Crippen LogP contribution in [-0.2, 0) is 6.42 Å². The monoisotopic (exact) mass is 386 g/mol. The van der Waals surface area contributed by atoms with Crippen LogP contribution in [0.2, 0.25) is 5.15 Å². The fourth-order valence-corrected chi connectivity index (χ4v) is 2.52. The number of aryl methyl sites for hydroxylation is 1. The average Bonchev–Trinajstić information content (AvgIpc) is 2.41. The van der Waals surface area contributed by atoms with Crippen molar-refractivity contribution < 1.29 is 0 Å². The molecule has 0 aliphatic carbocycles. The van der Waals surface area contributed by atoms with Crippen LogP contribution >= 0.6 is 34.2 Å². The first-order valence-electron chi connectivity index (χ1n) is 6.35. The maximum absolute atomic E-state index is 6.23. The van der Waals surface area contributed by atoms with Gasteiger partial charge in [0.1, 0.15) is 11.0 Å². The van der Waals surface area contributed by atoms with E-state index in [1.807, 2.05) is 30.3 Å². The molecule has 0 saturated heterocycles. The van der Waals surface area contributed by atoms with Gasteiger partial charge in [0.05, 0.1) is 9.26 Å². The number of aromatic nitrogens is 2. The molecule has 1 aromatic carbocycles. The van der Waals surface area contributed by atoms with Gasteiger partial charge < -0.3 is 0 Å². The predicted molar refractivity (Wildman–Crippen MR) is 88.4 cm³/mol. The Bertz CT molecular complexity index is 556. The number of benzene rings is 1. The minimum absolute atomic E-state index is 0.549. The number of rotatable bonds is 4. The van der Waals surface area contributed by atoms with E-state index in [1.54, 1.807) is 0 Å². The Hall–Kier alpha value is -0.680. The predicted octanol–water partition coefficient (Wildman–Crippen LogP) is 4.99. The molecule has 0 N–H and O–H groups in total. The van der Waals surface area contributed by atoms with E-state index in [0.29, 0.717) is 11.1 Å². The van der Waals surface area contributed by atoms with Crippen molar-refractivity contribution in [2.45, 2.75) is 26.7 Å². The lowest BCUT2D eigenvalue weighted by molar-refractivity contribution is 0.574. The first-order chi connectivity index (χ1) is 9.08. The van der Waals surface area contributed by atoms with Gasteiger partial charge in [-0.2, -0.15) is 0 Å². The van der Waals surface area contributed by atoms with Crippen LogP contribution in [0.1, 0.15) is 26.1 Å². The molecule has 4 heteroatoms. The summed E-state index contributed by atoms with van der Waals surface area (Å²) in [4.78, 5) is 9.05. The lowest BCUT2D eigenvalue weighted by Crippen LogP contribution is -2.02. The van der Waals surface area contributed by atoms with E-state index in [-0.39, 0.29) is 0 Å². The van der Waals surface area contributed by atoms with Crippen LogP contribution in [-0.4, -0.2) is 9.97 Å². The van der Waals surface area contributed by atoms with E-state index in [1.165, 1.54) is 0 Å². The Morgan fingerprint density at radius 2 is 1.84 bits per heavy atom. The molecule has 0 aliphatic heterocycles. The molecule has 0 aliphatic rings. The first kappa shape index (κ1) is 14.7. The Balaban J connectivity index is 2.38. The summed E-state index contributed by atoms with van der Waals surface area (Å²) in [7, 11) is 0. The van der Waals surface area contributed by atoms with Crippen LogP contribution in [0.4, 0.5) is 0 Å². The molecule has 19 heavy (non-hydrogen) atoms. The van der Waals surface area contributed by atoms with Gasteiger partial charge in [0, 0.05) is 12.0 Å². The molecule has 2 rings (SSSR count). The van der Waals surface area contributed by atoms with E-state index in [0.717, 1.165) is 33.5 Å². The molecule has 0 fully saturated rings. The summed E-state index contributed by atoms with van der Waals surface area (Å²) in [5.41, 5.74) is 2.02. The molecule has 1 heterocycles. The van der Waals surface area contributed by atoms with E-state index in [9.17, 15) is 0 Å². The maximum atomic E-state index is 6.23. The summed E-state index contributed by atoms with van der Waals surface area (Å²) in [5.74, 6) is 1.47. The van der Waals surface area contributed by atoms with Crippen molar-refractivity contribution in [3.63, 3.8) is 0 Å². The highest BCUT2D eigenvalue weighted by Crippen LogP contribution is 2.28. The first-order valence-corrected chi connectivity index (χ1v) is 7.81. The molecule has 2 nitrogen and oxygen atoms in total. The van der Waals surface area contributed by atoms with Gasteiger partial charge in [-0.15, -0.1) is 0 Å². The van der Waals surface area contributed by atoms with Gasteiger partial charge in [-0.1, -0.05) is 55.8 Å². The molecule has 2 aromatic rings. The van der Waals surface area contributed by atoms with Crippen molar-refractivity contribution in [1.82, 2.24) is 9.97 Å². The lowest BCUT2D eigenvalue weighted by atomic mass is 10.1. The quantitative estimate of drug-likeness (QED) is 0.546. The van der Waals surface area contributed by atoms with Crippen molar-refractivity contribution >= 4 is 34.2 Å². The van der Waals surface area contributed by atoms with Crippen LogP contribution in [0.15, 0.2) is 30.3 Å². The van der Waals surface area contributed by atoms with E-state index in [4.69, 9.17) is 11.6 Å². The van der Waals surface area contributed by atoms with Crippen LogP contribution in [0.5, 0.6) is 0 Å². The zero-order valence-electron chi connectivity index (χ0n) is 11.0. The average molecular weight is 387 g/mol. The van der Waals surface area contributed by atoms with E-state index in [2.05, 4.69) is 46.4 Å². The molecule has 0 spiro atoms. The van der Waals surface area contributed by atoms with E-state index < -0.39 is 0 Å². The number of halogens is 2. The van der Waals surface area contributed by atoms with Crippen molar-refractivity contribution in [2.24, 2.45) is 5.92 Å². The van der Waals surface area contributed by atoms with Gasteiger partial charge in [0.25, 0.3) is 0 Å². The Morgan fingerprint density at radius 3 is 2.47 bits per heavy atom. The molecular weight excluding hydrogens is 371 g/mol. The maximum Gasteiger partial charge on any atom is 0.146 e. The second-order valence-corrected chi connectivity index (χ2v) is 6.33. The number of hydrogen-bond donors (Lipinski definition) is 0. The van der Waals surface area contributed by atoms with Gasteiger partial charge in [0.2, 0.25) is 0 Å². The third kappa shape index (κ3) is 3.89. The Morgan fingerprint density at radius 1 is 1.16 bits per heavy atom. The minimum Gasteiger partial charge on any atom is -0.232 e. The highest BCUT2D eigenvalue weighted by atomic mass is 127. The van der Waals surface area contributed by atoms with Gasteiger partial charge >= 0.3 is 0 Å². The molecular formula is C15H16ClIN2. The summed E-state index contributed by atoms with van der Waals surface area (Å²) in [6, 6.07) is 10.1. The van der Waals surface area contributed by atoms with Crippen molar-refractivity contribution in [3.8, 4) is 11.3 Å². The molecule has 0 bridgehead atoms. The molecule has 0 atom stereocenters. The normalized spacial score (nSPS) is 11.0.